The third-order valence-corrected chi connectivity index (χ3v) is 5.71. The third kappa shape index (κ3) is 3.19. The molecule has 4 nitrogen and oxygen atoms in total. The van der Waals surface area contributed by atoms with Crippen molar-refractivity contribution in [2.24, 2.45) is 0 Å². The molecule has 5 heteroatoms. The van der Waals surface area contributed by atoms with Gasteiger partial charge in [0.25, 0.3) is 5.91 Å². The minimum atomic E-state index is -0.0726. The van der Waals surface area contributed by atoms with Crippen LogP contribution in [-0.2, 0) is 0 Å². The second-order valence-electron chi connectivity index (χ2n) is 6.54. The minimum Gasteiger partial charge on any atom is -0.489 e. The zero-order valence-electron chi connectivity index (χ0n) is 14.6. The molecule has 0 spiro atoms. The van der Waals surface area contributed by atoms with Gasteiger partial charge >= 0.3 is 0 Å². The lowest BCUT2D eigenvalue weighted by molar-refractivity contribution is 0.0937. The number of nitrogens with zero attached hydrogens (tertiary/aromatic N) is 1. The molecule has 1 aromatic carbocycles. The summed E-state index contributed by atoms with van der Waals surface area (Å²) in [6, 6.07) is 10.1. The largest absolute Gasteiger partial charge is 0.489 e. The fourth-order valence-corrected chi connectivity index (χ4v) is 3.99. The van der Waals surface area contributed by atoms with Crippen LogP contribution in [0.3, 0.4) is 0 Å². The number of amides is 1. The normalized spacial score (nSPS) is 20.5. The van der Waals surface area contributed by atoms with Crippen LogP contribution in [0.15, 0.2) is 35.7 Å². The maximum Gasteiger partial charge on any atom is 0.255 e. The number of nitrogens with one attached hydrogen (secondary N) is 1. The van der Waals surface area contributed by atoms with Crippen molar-refractivity contribution in [3.05, 3.63) is 51.7 Å². The molecule has 0 saturated carbocycles. The van der Waals surface area contributed by atoms with E-state index < -0.39 is 0 Å². The molecule has 24 heavy (non-hydrogen) atoms. The summed E-state index contributed by atoms with van der Waals surface area (Å²) >= 11 is 1.71. The molecule has 0 aliphatic carbocycles. The van der Waals surface area contributed by atoms with E-state index in [-0.39, 0.29) is 18.1 Å². The molecule has 1 aliphatic heterocycles. The van der Waals surface area contributed by atoms with Gasteiger partial charge in [-0.2, -0.15) is 0 Å². The Morgan fingerprint density at radius 3 is 2.75 bits per heavy atom. The lowest BCUT2D eigenvalue weighted by Crippen LogP contribution is -2.34. The van der Waals surface area contributed by atoms with Crippen LogP contribution in [-0.4, -0.2) is 37.6 Å². The van der Waals surface area contributed by atoms with Gasteiger partial charge in [-0.1, -0.05) is 25.1 Å². The van der Waals surface area contributed by atoms with Crippen molar-refractivity contribution in [1.29, 1.82) is 0 Å². The Hall–Kier alpha value is -1.85. The topological polar surface area (TPSA) is 41.6 Å². The minimum absolute atomic E-state index is 0.0726. The second kappa shape index (κ2) is 6.95. The van der Waals surface area contributed by atoms with Crippen molar-refractivity contribution in [3.63, 3.8) is 0 Å². The highest BCUT2D eigenvalue weighted by Gasteiger charge is 2.31. The first-order valence-electron chi connectivity index (χ1n) is 8.26. The van der Waals surface area contributed by atoms with Crippen LogP contribution in [0.5, 0.6) is 5.75 Å². The second-order valence-corrected chi connectivity index (χ2v) is 7.52. The predicted molar refractivity (Wildman–Crippen MR) is 98.0 cm³/mol. The Kier molecular flexibility index (Phi) is 4.92. The van der Waals surface area contributed by atoms with Crippen LogP contribution in [0, 0.1) is 0 Å². The van der Waals surface area contributed by atoms with Crippen LogP contribution in [0.1, 0.15) is 46.6 Å². The van der Waals surface area contributed by atoms with Gasteiger partial charge in [0.2, 0.25) is 0 Å². The van der Waals surface area contributed by atoms with E-state index in [0.717, 1.165) is 11.3 Å². The van der Waals surface area contributed by atoms with Gasteiger partial charge in [0.05, 0.1) is 11.6 Å². The molecule has 1 amide bonds. The van der Waals surface area contributed by atoms with Crippen molar-refractivity contribution >= 4 is 17.2 Å². The van der Waals surface area contributed by atoms with Gasteiger partial charge in [0, 0.05) is 22.9 Å². The summed E-state index contributed by atoms with van der Waals surface area (Å²) in [5.41, 5.74) is 1.75. The molecular weight excluding hydrogens is 320 g/mol. The summed E-state index contributed by atoms with van der Waals surface area (Å²) in [7, 11) is 4.06. The van der Waals surface area contributed by atoms with Gasteiger partial charge in [0.15, 0.2) is 0 Å². The molecule has 3 atom stereocenters. The number of likely N-dealkylation sites (N-methyl/N-ethyl adjacent to an activating group) is 1. The highest BCUT2D eigenvalue weighted by Crippen LogP contribution is 2.40. The van der Waals surface area contributed by atoms with Crippen molar-refractivity contribution in [1.82, 2.24) is 10.2 Å². The Bertz CT molecular complexity index is 712. The Labute approximate surface area is 147 Å². The number of thiophene rings is 1. The molecular formula is C19H24N2O2S. The lowest BCUT2D eigenvalue weighted by atomic mass is 9.97. The Morgan fingerprint density at radius 2 is 2.08 bits per heavy atom. The van der Waals surface area contributed by atoms with Gasteiger partial charge in [0.1, 0.15) is 11.9 Å². The molecule has 3 rings (SSSR count). The summed E-state index contributed by atoms with van der Waals surface area (Å²) in [4.78, 5) is 16.1. The SMILES string of the molecule is CC1Oc2c(C(=O)NCC(c3cccs3)N(C)C)cccc2C1C. The number of carbonyl (C=O) groups is 1. The molecule has 0 bridgehead atoms. The van der Waals surface area contributed by atoms with Gasteiger partial charge in [-0.25, -0.2) is 0 Å². The first kappa shape index (κ1) is 17.0. The molecule has 0 saturated heterocycles. The fourth-order valence-electron chi connectivity index (χ4n) is 3.07. The van der Waals surface area contributed by atoms with Crippen molar-refractivity contribution in [2.75, 3.05) is 20.6 Å². The molecule has 0 radical (unpaired) electrons. The van der Waals surface area contributed by atoms with Crippen LogP contribution < -0.4 is 10.1 Å². The molecule has 0 fully saturated rings. The zero-order chi connectivity index (χ0) is 17.3. The first-order chi connectivity index (χ1) is 11.5. The van der Waals surface area contributed by atoms with E-state index in [4.69, 9.17) is 4.74 Å². The average molecular weight is 344 g/mol. The lowest BCUT2D eigenvalue weighted by Gasteiger charge is -2.23. The summed E-state index contributed by atoms with van der Waals surface area (Å²) in [5, 5.41) is 5.14. The van der Waals surface area contributed by atoms with Gasteiger partial charge in [-0.3, -0.25) is 4.79 Å². The number of benzene rings is 1. The first-order valence-corrected chi connectivity index (χ1v) is 9.14. The maximum absolute atomic E-state index is 12.7. The molecule has 2 aromatic rings. The summed E-state index contributed by atoms with van der Waals surface area (Å²) in [6.45, 7) is 4.75. The van der Waals surface area contributed by atoms with E-state index in [1.807, 2.05) is 39.2 Å². The fraction of sp³-hybridized carbons (Fsp3) is 0.421. The molecule has 2 heterocycles. The van der Waals surface area contributed by atoms with Crippen molar-refractivity contribution in [3.8, 4) is 5.75 Å². The Balaban J connectivity index is 1.75. The molecule has 3 unspecified atom stereocenters. The predicted octanol–water partition coefficient (Wildman–Crippen LogP) is 3.67. The van der Waals surface area contributed by atoms with Crippen LogP contribution in [0.2, 0.25) is 0 Å². The zero-order valence-corrected chi connectivity index (χ0v) is 15.4. The van der Waals surface area contributed by atoms with Gasteiger partial charge in [-0.15, -0.1) is 11.3 Å². The number of fused-ring (bicyclic) bond motifs is 1. The molecule has 1 N–H and O–H groups in total. The van der Waals surface area contributed by atoms with Crippen LogP contribution in [0.25, 0.3) is 0 Å². The summed E-state index contributed by atoms with van der Waals surface area (Å²) in [6.07, 6.45) is 0.106. The highest BCUT2D eigenvalue weighted by molar-refractivity contribution is 7.10. The van der Waals surface area contributed by atoms with Crippen LogP contribution in [0.4, 0.5) is 0 Å². The smallest absolute Gasteiger partial charge is 0.255 e. The van der Waals surface area contributed by atoms with E-state index in [0.29, 0.717) is 18.0 Å². The highest BCUT2D eigenvalue weighted by atomic mass is 32.1. The summed E-state index contributed by atoms with van der Waals surface area (Å²) < 4.78 is 5.93. The number of carbonyl (C=O) groups excluding carboxylic acids is 1. The van der Waals surface area contributed by atoms with E-state index >= 15 is 0 Å². The molecule has 128 valence electrons. The number of ether oxygens (including phenoxy) is 1. The number of hydrogen-bond donors (Lipinski definition) is 1. The van der Waals surface area contributed by atoms with E-state index in [1.54, 1.807) is 11.3 Å². The molecule has 1 aliphatic rings. The third-order valence-electron chi connectivity index (χ3n) is 4.74. The average Bonchev–Trinajstić information content (AvgIpc) is 3.16. The maximum atomic E-state index is 12.7. The monoisotopic (exact) mass is 344 g/mol. The quantitative estimate of drug-likeness (QED) is 0.900. The summed E-state index contributed by atoms with van der Waals surface area (Å²) in [5.74, 6) is 0.984. The Morgan fingerprint density at radius 1 is 1.29 bits per heavy atom. The number of rotatable bonds is 5. The van der Waals surface area contributed by atoms with E-state index in [9.17, 15) is 4.79 Å². The standard InChI is InChI=1S/C19H24N2O2S/c1-12-13(2)23-18-14(12)7-5-8-15(18)19(22)20-11-16(21(3)4)17-9-6-10-24-17/h5-10,12-13,16H,11H2,1-4H3,(H,20,22). The van der Waals surface area contributed by atoms with E-state index in [1.165, 1.54) is 4.88 Å². The van der Waals surface area contributed by atoms with E-state index in [2.05, 4.69) is 34.7 Å². The van der Waals surface area contributed by atoms with Crippen molar-refractivity contribution < 1.29 is 9.53 Å². The van der Waals surface area contributed by atoms with Gasteiger partial charge in [-0.05, 0) is 38.5 Å². The number of para-hydroxylation sites is 1. The number of hydrogen-bond acceptors (Lipinski definition) is 4. The molecule has 1 aromatic heterocycles. The van der Waals surface area contributed by atoms with Crippen molar-refractivity contribution in [2.45, 2.75) is 31.9 Å². The van der Waals surface area contributed by atoms with Crippen LogP contribution >= 0.6 is 11.3 Å². The van der Waals surface area contributed by atoms with Gasteiger partial charge < -0.3 is 15.0 Å².